The maximum Gasteiger partial charge on any atom is 0.407 e. The highest BCUT2D eigenvalue weighted by Crippen LogP contribution is 2.58. The molecule has 10 rings (SSSR count). The van der Waals surface area contributed by atoms with Crippen LogP contribution in [0.1, 0.15) is 119 Å². The predicted molar refractivity (Wildman–Crippen MR) is 242 cm³/mol. The van der Waals surface area contributed by atoms with E-state index in [1.54, 1.807) is 0 Å². The molecule has 4 N–H and O–H groups in total. The van der Waals surface area contributed by atoms with Crippen LogP contribution in [0.2, 0.25) is 0 Å². The molecule has 5 aromatic rings. The van der Waals surface area contributed by atoms with Gasteiger partial charge in [-0.25, -0.2) is 19.6 Å². The van der Waals surface area contributed by atoms with Crippen molar-refractivity contribution < 1.29 is 28.7 Å². The number of methoxy groups -OCH3 is 2. The van der Waals surface area contributed by atoms with E-state index in [-0.39, 0.29) is 41.8 Å². The Kier molecular flexibility index (Phi) is 10.7. The number of aromatic amines is 2. The molecule has 2 bridgehead atoms. The minimum Gasteiger partial charge on any atom is -0.453 e. The van der Waals surface area contributed by atoms with Crippen LogP contribution >= 0.6 is 0 Å². The van der Waals surface area contributed by atoms with Gasteiger partial charge in [0.2, 0.25) is 11.8 Å². The van der Waals surface area contributed by atoms with E-state index in [1.165, 1.54) is 61.3 Å². The molecule has 4 amide bonds. The van der Waals surface area contributed by atoms with Crippen molar-refractivity contribution in [3.8, 4) is 33.5 Å². The van der Waals surface area contributed by atoms with Gasteiger partial charge in [-0.15, -0.1) is 0 Å². The summed E-state index contributed by atoms with van der Waals surface area (Å²) in [4.78, 5) is 72.7. The Morgan fingerprint density at radius 2 is 1.33 bits per heavy atom. The van der Waals surface area contributed by atoms with Gasteiger partial charge in [0.1, 0.15) is 23.7 Å². The van der Waals surface area contributed by atoms with Crippen LogP contribution in [0.3, 0.4) is 0 Å². The summed E-state index contributed by atoms with van der Waals surface area (Å²) in [5, 5.41) is 5.50. The number of hydrogen-bond donors (Lipinski definition) is 4. The van der Waals surface area contributed by atoms with Gasteiger partial charge in [0.15, 0.2) is 0 Å². The SMILES string of the molecule is COC(=O)N[C@H](C(=O)N1CCC[C@H]1c1ncc(-c2ccc(-c3ccc(-c4ccc5nc([C@@H]6CC7CC7N6C(=O)[C@@H](NC(=O)OC)C(C)C)[nH]c5c4)c4c3C3CCC4C3)cc2)[nH]1)C(C)C. The fourth-order valence-electron chi connectivity index (χ4n) is 11.4. The number of piperidine rings is 1. The van der Waals surface area contributed by atoms with Gasteiger partial charge >= 0.3 is 12.2 Å². The zero-order valence-electron chi connectivity index (χ0n) is 37.4. The van der Waals surface area contributed by atoms with E-state index in [4.69, 9.17) is 19.4 Å². The van der Waals surface area contributed by atoms with Crippen LogP contribution in [-0.4, -0.2) is 92.6 Å². The number of ether oxygens (including phenoxy) is 2. The number of nitrogens with zero attached hydrogens (tertiary/aromatic N) is 4. The Labute approximate surface area is 373 Å². The first-order valence-corrected chi connectivity index (χ1v) is 23.1. The summed E-state index contributed by atoms with van der Waals surface area (Å²) in [6.45, 7) is 8.32. The molecule has 4 unspecified atom stereocenters. The summed E-state index contributed by atoms with van der Waals surface area (Å²) in [6, 6.07) is 18.3. The lowest BCUT2D eigenvalue weighted by Crippen LogP contribution is -2.52. The van der Waals surface area contributed by atoms with Crippen molar-refractivity contribution in [1.82, 2.24) is 40.4 Å². The largest absolute Gasteiger partial charge is 0.453 e. The number of carbonyl (C=O) groups is 4. The highest BCUT2D eigenvalue weighted by Gasteiger charge is 2.56. The second kappa shape index (κ2) is 16.4. The topological polar surface area (TPSA) is 175 Å². The van der Waals surface area contributed by atoms with E-state index in [9.17, 15) is 19.2 Å². The minimum absolute atomic E-state index is 0.0822. The van der Waals surface area contributed by atoms with E-state index in [1.807, 2.05) is 43.7 Å². The molecular formula is C50H58N8O6. The lowest BCUT2D eigenvalue weighted by Gasteiger charge is -2.31. The van der Waals surface area contributed by atoms with Crippen molar-refractivity contribution in [2.45, 2.75) is 115 Å². The monoisotopic (exact) mass is 866 g/mol. The number of rotatable bonds is 11. The number of fused-ring (bicyclic) bond motifs is 7. The number of nitrogens with one attached hydrogen (secondary N) is 4. The molecule has 4 fully saturated rings. The van der Waals surface area contributed by atoms with Crippen molar-refractivity contribution in [2.75, 3.05) is 20.8 Å². The maximum absolute atomic E-state index is 14.0. The summed E-state index contributed by atoms with van der Waals surface area (Å²) in [5.41, 5.74) is 11.6. The van der Waals surface area contributed by atoms with Gasteiger partial charge in [-0.3, -0.25) is 9.59 Å². The van der Waals surface area contributed by atoms with E-state index >= 15 is 0 Å². The minimum atomic E-state index is -0.684. The molecule has 4 heterocycles. The quantitative estimate of drug-likeness (QED) is 0.102. The second-order valence-corrected chi connectivity index (χ2v) is 19.3. The fraction of sp³-hybridized carbons (Fsp3) is 0.480. The highest BCUT2D eigenvalue weighted by atomic mass is 16.5. The van der Waals surface area contributed by atoms with Crippen LogP contribution in [0, 0.1) is 17.8 Å². The normalized spacial score (nSPS) is 23.9. The number of alkyl carbamates (subject to hydrolysis) is 2. The molecular weight excluding hydrogens is 809 g/mol. The number of likely N-dealkylation sites (tertiary alicyclic amines) is 2. The first kappa shape index (κ1) is 41.8. The molecule has 5 aliphatic rings. The standard InChI is InChI=1S/C50H58N8O6/c1-25(2)43(55-49(61)63-5)47(59)57-19-7-8-38(57)45-51-24-37(54-45)28-11-9-27(10-12-28)33-16-17-34(42-31-14-13-30(20-31)41(33)42)29-15-18-35-36(21-29)53-46(52-35)40-23-32-22-39(32)58(40)48(60)44(26(3)4)56-50(62)64-6/h9-12,15-18,21,24-26,30-32,38-40,43-44H,7-8,13-14,19-20,22-23H2,1-6H3,(H,51,54)(H,52,53)(H,55,61)(H,56,62)/t30?,31?,32?,38-,39?,40-,43-,44-/m0/s1. The smallest absolute Gasteiger partial charge is 0.407 e. The Hall–Kier alpha value is -6.18. The molecule has 14 nitrogen and oxygen atoms in total. The van der Waals surface area contributed by atoms with Crippen molar-refractivity contribution in [2.24, 2.45) is 17.8 Å². The first-order valence-electron chi connectivity index (χ1n) is 23.1. The molecule has 2 aliphatic heterocycles. The fourth-order valence-corrected chi connectivity index (χ4v) is 11.4. The van der Waals surface area contributed by atoms with Crippen LogP contribution in [-0.2, 0) is 19.1 Å². The molecule has 2 saturated heterocycles. The Bertz CT molecular complexity index is 2630. The molecule has 2 saturated carbocycles. The molecule has 0 spiro atoms. The third kappa shape index (κ3) is 7.28. The Morgan fingerprint density at radius 1 is 0.703 bits per heavy atom. The van der Waals surface area contributed by atoms with Crippen molar-refractivity contribution in [3.63, 3.8) is 0 Å². The van der Waals surface area contributed by atoms with Crippen LogP contribution in [0.5, 0.6) is 0 Å². The van der Waals surface area contributed by atoms with E-state index in [2.05, 4.69) is 75.2 Å². The van der Waals surface area contributed by atoms with Crippen LogP contribution < -0.4 is 10.6 Å². The average Bonchev–Trinajstić information content (AvgIpc) is 4.04. The average molecular weight is 867 g/mol. The molecule has 8 atom stereocenters. The van der Waals surface area contributed by atoms with Gasteiger partial charge in [0, 0.05) is 12.6 Å². The second-order valence-electron chi connectivity index (χ2n) is 19.3. The number of carbonyl (C=O) groups excluding carboxylic acids is 4. The first-order chi connectivity index (χ1) is 30.9. The van der Waals surface area contributed by atoms with Crippen molar-refractivity contribution in [1.29, 1.82) is 0 Å². The third-order valence-electron chi connectivity index (χ3n) is 14.8. The summed E-state index contributed by atoms with van der Waals surface area (Å²) < 4.78 is 9.65. The number of amides is 4. The van der Waals surface area contributed by atoms with Crippen LogP contribution in [0.15, 0.2) is 60.8 Å². The number of benzene rings is 3. The number of imidazole rings is 2. The molecule has 334 valence electrons. The molecule has 3 aromatic carbocycles. The highest BCUT2D eigenvalue weighted by molar-refractivity contribution is 5.89. The molecule has 14 heteroatoms. The van der Waals surface area contributed by atoms with Gasteiger partial charge in [0.25, 0.3) is 0 Å². The molecule has 0 radical (unpaired) electrons. The van der Waals surface area contributed by atoms with Gasteiger partial charge in [-0.2, -0.15) is 0 Å². The summed E-state index contributed by atoms with van der Waals surface area (Å²) in [7, 11) is 2.62. The van der Waals surface area contributed by atoms with E-state index in [0.717, 1.165) is 65.2 Å². The van der Waals surface area contributed by atoms with E-state index in [0.29, 0.717) is 24.3 Å². The van der Waals surface area contributed by atoms with Crippen molar-refractivity contribution >= 4 is 35.0 Å². The summed E-state index contributed by atoms with van der Waals surface area (Å²) in [5.74, 6) is 2.64. The zero-order chi connectivity index (χ0) is 44.6. The van der Waals surface area contributed by atoms with Crippen molar-refractivity contribution in [3.05, 3.63) is 83.6 Å². The Morgan fingerprint density at radius 3 is 1.98 bits per heavy atom. The zero-order valence-corrected chi connectivity index (χ0v) is 37.4. The van der Waals surface area contributed by atoms with E-state index < -0.39 is 24.3 Å². The lowest BCUT2D eigenvalue weighted by molar-refractivity contribution is -0.137. The number of aromatic nitrogens is 4. The van der Waals surface area contributed by atoms with Gasteiger partial charge in [-0.1, -0.05) is 70.2 Å². The van der Waals surface area contributed by atoms with Gasteiger partial charge < -0.3 is 39.9 Å². The van der Waals surface area contributed by atoms with Gasteiger partial charge in [0.05, 0.1) is 49.2 Å². The summed E-state index contributed by atoms with van der Waals surface area (Å²) in [6.07, 6.45) is 7.70. The lowest BCUT2D eigenvalue weighted by atomic mass is 9.81. The maximum atomic E-state index is 14.0. The van der Waals surface area contributed by atoms with Crippen LogP contribution in [0.25, 0.3) is 44.5 Å². The summed E-state index contributed by atoms with van der Waals surface area (Å²) >= 11 is 0. The third-order valence-corrected chi connectivity index (χ3v) is 14.8. The predicted octanol–water partition coefficient (Wildman–Crippen LogP) is 8.74. The van der Waals surface area contributed by atoms with Crippen LogP contribution in [0.4, 0.5) is 9.59 Å². The number of hydrogen-bond acceptors (Lipinski definition) is 8. The van der Waals surface area contributed by atoms with Gasteiger partial charge in [-0.05, 0) is 126 Å². The Balaban J connectivity index is 0.891. The number of H-pyrrole nitrogens is 2. The molecule has 64 heavy (non-hydrogen) atoms. The molecule has 3 aliphatic carbocycles. The molecule has 2 aromatic heterocycles.